The molecule has 5 unspecified atom stereocenters. The van der Waals surface area contributed by atoms with Crippen LogP contribution in [0.15, 0.2) is 0 Å². The highest BCUT2D eigenvalue weighted by Crippen LogP contribution is 2.48. The predicted molar refractivity (Wildman–Crippen MR) is 183 cm³/mol. The zero-order valence-electron chi connectivity index (χ0n) is 28.4. The minimum absolute atomic E-state index is 0.0894. The number of hydrogen-bond acceptors (Lipinski definition) is 10. The Morgan fingerprint density at radius 2 is 1.28 bits per heavy atom. The summed E-state index contributed by atoms with van der Waals surface area (Å²) in [7, 11) is 0.410. The van der Waals surface area contributed by atoms with Crippen LogP contribution in [0.3, 0.4) is 0 Å². The molecule has 2 saturated carbocycles. The van der Waals surface area contributed by atoms with Crippen molar-refractivity contribution in [3.63, 3.8) is 0 Å². The number of carbonyl (C=O) groups excluding carboxylic acids is 1. The van der Waals surface area contributed by atoms with Gasteiger partial charge >= 0.3 is 0 Å². The molecule has 1 saturated heterocycles. The molecule has 3 rings (SSSR count). The number of nitrogens with zero attached hydrogens (tertiary/aromatic N) is 1. The first kappa shape index (κ1) is 41.1. The van der Waals surface area contributed by atoms with Gasteiger partial charge in [0.25, 0.3) is 0 Å². The lowest BCUT2D eigenvalue weighted by Crippen LogP contribution is -2.53. The second kappa shape index (κ2) is 23.2. The first-order valence-electron chi connectivity index (χ1n) is 17.3. The summed E-state index contributed by atoms with van der Waals surface area (Å²) in [6, 6.07) is 0. The van der Waals surface area contributed by atoms with Gasteiger partial charge in [0.15, 0.2) is 0 Å². The Balaban J connectivity index is 1.13. The molecule has 0 aromatic heterocycles. The average molecular weight is 733 g/mol. The molecular weight excluding hydrogens is 673 g/mol. The molecule has 5 atom stereocenters. The minimum Gasteiger partial charge on any atom is -0.382 e. The number of sulfonamides is 1. The first-order valence-corrected chi connectivity index (χ1v) is 19.7. The number of ether oxygens (including phenoxy) is 6. The Morgan fingerprint density at radius 1 is 0.723 bits per heavy atom. The van der Waals surface area contributed by atoms with Gasteiger partial charge in [0.05, 0.1) is 77.9 Å². The number of amides is 1. The molecule has 0 aromatic carbocycles. The number of piperidine rings is 1. The molecule has 1 heterocycles. The normalized spacial score (nSPS) is 28.6. The number of likely N-dealkylation sites (tertiary alicyclic amines) is 1. The number of hydrogen-bond donors (Lipinski definition) is 2. The van der Waals surface area contributed by atoms with Crippen LogP contribution < -0.4 is 10.0 Å². The Labute approximate surface area is 292 Å². The van der Waals surface area contributed by atoms with Crippen molar-refractivity contribution in [2.75, 3.05) is 113 Å². The number of methoxy groups -OCH3 is 1. The second-order valence-electron chi connectivity index (χ2n) is 12.9. The van der Waals surface area contributed by atoms with Gasteiger partial charge in [-0.25, -0.2) is 13.1 Å². The lowest BCUT2D eigenvalue weighted by molar-refractivity contribution is -0.122. The summed E-state index contributed by atoms with van der Waals surface area (Å²) in [5.41, 5.74) is 0. The van der Waals surface area contributed by atoms with E-state index < -0.39 is 10.0 Å². The largest absolute Gasteiger partial charge is 0.382 e. The van der Waals surface area contributed by atoms with Gasteiger partial charge in [-0.1, -0.05) is 0 Å². The summed E-state index contributed by atoms with van der Waals surface area (Å²) in [6.45, 7) is 7.34. The van der Waals surface area contributed by atoms with E-state index in [1.54, 1.807) is 7.11 Å². The van der Waals surface area contributed by atoms with Crippen molar-refractivity contribution in [2.45, 2.75) is 60.9 Å². The monoisotopic (exact) mass is 731 g/mol. The van der Waals surface area contributed by atoms with Crippen molar-refractivity contribution in [1.82, 2.24) is 14.9 Å². The number of fused-ring (bicyclic) bond motifs is 1. The van der Waals surface area contributed by atoms with Crippen molar-refractivity contribution >= 4 is 39.1 Å². The molecule has 3 fully saturated rings. The summed E-state index contributed by atoms with van der Waals surface area (Å²) in [6.07, 6.45) is 5.44. The molecule has 0 spiro atoms. The molecule has 276 valence electrons. The van der Waals surface area contributed by atoms with E-state index in [1.165, 1.54) is 0 Å². The second-order valence-corrected chi connectivity index (χ2v) is 16.2. The summed E-state index contributed by atoms with van der Waals surface area (Å²) in [4.78, 5) is 14.2. The summed E-state index contributed by atoms with van der Waals surface area (Å²) in [5, 5.41) is 2.70. The third-order valence-electron chi connectivity index (χ3n) is 9.52. The Hall–Kier alpha value is -0.320. The van der Waals surface area contributed by atoms with Crippen LogP contribution in [-0.4, -0.2) is 148 Å². The average Bonchev–Trinajstić information content (AvgIpc) is 3.04. The molecule has 15 heteroatoms. The highest BCUT2D eigenvalue weighted by Gasteiger charge is 2.47. The van der Waals surface area contributed by atoms with E-state index >= 15 is 0 Å². The van der Waals surface area contributed by atoms with Crippen LogP contribution in [0.5, 0.6) is 0 Å². The Bertz CT molecular complexity index is 962. The van der Waals surface area contributed by atoms with Gasteiger partial charge in [-0.05, 0) is 69.2 Å². The maximum Gasteiger partial charge on any atom is 0.222 e. The molecule has 3 aliphatic rings. The quantitative estimate of drug-likeness (QED) is 0.113. The predicted octanol–water partition coefficient (Wildman–Crippen LogP) is 2.50. The van der Waals surface area contributed by atoms with Gasteiger partial charge in [-0.3, -0.25) is 4.79 Å². The molecule has 2 aliphatic carbocycles. The van der Waals surface area contributed by atoms with Crippen LogP contribution in [0.4, 0.5) is 0 Å². The summed E-state index contributed by atoms with van der Waals surface area (Å²) < 4.78 is 60.7. The van der Waals surface area contributed by atoms with E-state index in [4.69, 9.17) is 51.6 Å². The third-order valence-corrected chi connectivity index (χ3v) is 12.3. The smallest absolute Gasteiger partial charge is 0.222 e. The summed E-state index contributed by atoms with van der Waals surface area (Å²) >= 11 is 13.3. The fourth-order valence-corrected chi connectivity index (χ4v) is 9.61. The number of alkyl halides is 2. The van der Waals surface area contributed by atoms with Crippen molar-refractivity contribution in [3.05, 3.63) is 0 Å². The molecule has 2 N–H and O–H groups in total. The molecule has 0 radical (unpaired) electrons. The number of halogens is 2. The first-order chi connectivity index (χ1) is 22.7. The topological polar surface area (TPSA) is 134 Å². The Kier molecular flexibility index (Phi) is 20.3. The number of carbonyl (C=O) groups is 1. The summed E-state index contributed by atoms with van der Waals surface area (Å²) in [5.74, 6) is 1.98. The number of rotatable bonds is 24. The van der Waals surface area contributed by atoms with Gasteiger partial charge < -0.3 is 38.6 Å². The lowest BCUT2D eigenvalue weighted by Gasteiger charge is -2.51. The van der Waals surface area contributed by atoms with E-state index in [9.17, 15) is 13.2 Å². The highest BCUT2D eigenvalue weighted by molar-refractivity contribution is 7.90. The van der Waals surface area contributed by atoms with E-state index in [0.717, 1.165) is 38.8 Å². The van der Waals surface area contributed by atoms with Crippen molar-refractivity contribution in [3.8, 4) is 0 Å². The van der Waals surface area contributed by atoms with Gasteiger partial charge in [0, 0.05) is 50.5 Å². The van der Waals surface area contributed by atoms with Gasteiger partial charge in [-0.15, -0.1) is 23.2 Å². The van der Waals surface area contributed by atoms with Gasteiger partial charge in [0.2, 0.25) is 15.9 Å². The van der Waals surface area contributed by atoms with Gasteiger partial charge in [0.1, 0.15) is 0 Å². The SMILES string of the molecule is COCCOCCOCCC(=O)NCCOCCOCCOCCNS(=O)(=O)C1CCC(C2CN(C)CC3C(Cl)CC(Cl)CC32)CC1. The maximum atomic E-state index is 13.0. The molecular formula is C32H59Cl2N3O9S. The van der Waals surface area contributed by atoms with Crippen LogP contribution >= 0.6 is 23.2 Å². The van der Waals surface area contributed by atoms with Crippen LogP contribution in [-0.2, 0) is 43.2 Å². The highest BCUT2D eigenvalue weighted by atomic mass is 35.5. The van der Waals surface area contributed by atoms with Crippen molar-refractivity contribution in [1.29, 1.82) is 0 Å². The lowest BCUT2D eigenvalue weighted by atomic mass is 9.63. The van der Waals surface area contributed by atoms with E-state index in [-0.39, 0.29) is 41.5 Å². The molecule has 1 amide bonds. The Morgan fingerprint density at radius 3 is 1.91 bits per heavy atom. The number of nitrogens with one attached hydrogen (secondary N) is 2. The molecule has 1 aliphatic heterocycles. The van der Waals surface area contributed by atoms with E-state index in [1.807, 2.05) is 0 Å². The van der Waals surface area contributed by atoms with E-state index in [2.05, 4.69) is 22.0 Å². The van der Waals surface area contributed by atoms with Crippen LogP contribution in [0.25, 0.3) is 0 Å². The van der Waals surface area contributed by atoms with Crippen molar-refractivity contribution in [2.24, 2.45) is 23.7 Å². The fourth-order valence-electron chi connectivity index (χ4n) is 7.15. The molecule has 47 heavy (non-hydrogen) atoms. The van der Waals surface area contributed by atoms with Crippen LogP contribution in [0, 0.1) is 23.7 Å². The third kappa shape index (κ3) is 15.6. The zero-order valence-corrected chi connectivity index (χ0v) is 30.7. The maximum absolute atomic E-state index is 13.0. The van der Waals surface area contributed by atoms with Crippen LogP contribution in [0.1, 0.15) is 44.9 Å². The standard InChI is InChI=1S/C32H59Cl2N3O9S/c1-37-23-29(28-21-26(33)22-31(34)30(28)24-37)25-3-5-27(6-4-25)47(39,40)36-9-12-44-17-20-46-19-16-43-11-8-35-32(38)7-10-42-15-18-45-14-13-41-2/h25-31,36H,3-24H2,1-2H3,(H,35,38). The minimum atomic E-state index is -3.39. The van der Waals surface area contributed by atoms with Gasteiger partial charge in [-0.2, -0.15) is 0 Å². The van der Waals surface area contributed by atoms with Crippen LogP contribution in [0.2, 0.25) is 0 Å². The van der Waals surface area contributed by atoms with Crippen molar-refractivity contribution < 1.29 is 41.6 Å². The fraction of sp³-hybridized carbons (Fsp3) is 0.969. The zero-order chi connectivity index (χ0) is 33.9. The van der Waals surface area contributed by atoms with E-state index in [0.29, 0.717) is 109 Å². The molecule has 12 nitrogen and oxygen atoms in total. The molecule has 0 bridgehead atoms. The molecule has 0 aromatic rings.